The van der Waals surface area contributed by atoms with Crippen molar-refractivity contribution in [2.45, 2.75) is 18.7 Å². The van der Waals surface area contributed by atoms with Crippen molar-refractivity contribution >= 4 is 33.1 Å². The smallest absolute Gasteiger partial charge is 0.267 e. The molecular formula is C14H17N3O5S2. The lowest BCUT2D eigenvalue weighted by Gasteiger charge is -2.25. The highest BCUT2D eigenvalue weighted by Gasteiger charge is 2.30. The van der Waals surface area contributed by atoms with Crippen LogP contribution >= 0.6 is 11.3 Å². The van der Waals surface area contributed by atoms with E-state index in [-0.39, 0.29) is 4.90 Å². The molecule has 0 saturated carbocycles. The lowest BCUT2D eigenvalue weighted by molar-refractivity contribution is 0.0730. The molecule has 0 aliphatic carbocycles. The van der Waals surface area contributed by atoms with Gasteiger partial charge in [0.2, 0.25) is 10.0 Å². The summed E-state index contributed by atoms with van der Waals surface area (Å²) < 4.78 is 36.9. The van der Waals surface area contributed by atoms with E-state index in [1.165, 1.54) is 10.4 Å². The molecule has 1 aliphatic heterocycles. The number of aromatic nitrogens is 1. The van der Waals surface area contributed by atoms with Gasteiger partial charge in [-0.25, -0.2) is 8.42 Å². The minimum absolute atomic E-state index is 0.163. The molecule has 130 valence electrons. The zero-order chi connectivity index (χ0) is 17.3. The number of amides is 1. The average molecular weight is 371 g/mol. The molecule has 1 amide bonds. The Labute approximate surface area is 143 Å². The number of carbonyl (C=O) groups is 1. The van der Waals surface area contributed by atoms with E-state index in [0.717, 1.165) is 11.3 Å². The maximum absolute atomic E-state index is 12.7. The molecule has 1 aliphatic rings. The molecular weight excluding hydrogens is 354 g/mol. The Morgan fingerprint density at radius 1 is 1.29 bits per heavy atom. The maximum atomic E-state index is 12.7. The van der Waals surface area contributed by atoms with Crippen LogP contribution < -0.4 is 5.32 Å². The van der Waals surface area contributed by atoms with Crippen molar-refractivity contribution in [2.24, 2.45) is 0 Å². The van der Waals surface area contributed by atoms with Crippen LogP contribution in [0.3, 0.4) is 0 Å². The van der Waals surface area contributed by atoms with Crippen LogP contribution in [-0.4, -0.2) is 50.1 Å². The molecule has 0 radical (unpaired) electrons. The fourth-order valence-electron chi connectivity index (χ4n) is 2.36. The van der Waals surface area contributed by atoms with E-state index in [1.807, 2.05) is 0 Å². The van der Waals surface area contributed by atoms with Gasteiger partial charge in [-0.05, 0) is 19.9 Å². The quantitative estimate of drug-likeness (QED) is 0.876. The first kappa shape index (κ1) is 17.1. The molecule has 2 aromatic rings. The first-order valence-electron chi connectivity index (χ1n) is 7.31. The lowest BCUT2D eigenvalue weighted by atomic mass is 10.4. The molecule has 2 aromatic heterocycles. The summed E-state index contributed by atoms with van der Waals surface area (Å²) in [6.45, 7) is 4.79. The van der Waals surface area contributed by atoms with Crippen LogP contribution in [0.15, 0.2) is 21.6 Å². The highest BCUT2D eigenvalue weighted by Crippen LogP contribution is 2.29. The highest BCUT2D eigenvalue weighted by atomic mass is 32.2. The van der Waals surface area contributed by atoms with Crippen LogP contribution in [0.4, 0.5) is 5.82 Å². The Hall–Kier alpha value is -1.75. The minimum Gasteiger partial charge on any atom is -0.379 e. The topological polar surface area (TPSA) is 102 Å². The van der Waals surface area contributed by atoms with Gasteiger partial charge in [0.25, 0.3) is 5.91 Å². The van der Waals surface area contributed by atoms with Crippen molar-refractivity contribution in [1.29, 1.82) is 0 Å². The van der Waals surface area contributed by atoms with E-state index in [0.29, 0.717) is 47.6 Å². The summed E-state index contributed by atoms with van der Waals surface area (Å²) in [6.07, 6.45) is 0. The van der Waals surface area contributed by atoms with Gasteiger partial charge in [-0.2, -0.15) is 4.31 Å². The van der Waals surface area contributed by atoms with Gasteiger partial charge in [0.15, 0.2) is 5.82 Å². The molecule has 0 atom stereocenters. The highest BCUT2D eigenvalue weighted by molar-refractivity contribution is 7.89. The number of hydrogen-bond donors (Lipinski definition) is 1. The summed E-state index contributed by atoms with van der Waals surface area (Å²) in [4.78, 5) is 13.3. The Morgan fingerprint density at radius 2 is 2.00 bits per heavy atom. The number of hydrogen-bond acceptors (Lipinski definition) is 7. The number of nitrogens with one attached hydrogen (secondary N) is 1. The van der Waals surface area contributed by atoms with Crippen LogP contribution in [0.5, 0.6) is 0 Å². The first-order valence-corrected chi connectivity index (χ1v) is 9.56. The average Bonchev–Trinajstić information content (AvgIpc) is 3.14. The number of morpholine rings is 1. The molecule has 10 heteroatoms. The van der Waals surface area contributed by atoms with Gasteiger partial charge in [0.1, 0.15) is 5.76 Å². The van der Waals surface area contributed by atoms with Gasteiger partial charge in [-0.1, -0.05) is 5.16 Å². The van der Waals surface area contributed by atoms with E-state index in [9.17, 15) is 13.2 Å². The SMILES string of the molecule is Cc1cc(NC(=O)c2cc(S(=O)(=O)N3CCOCC3)c(C)s2)no1. The molecule has 0 bridgehead atoms. The molecule has 3 rings (SSSR count). The molecule has 8 nitrogen and oxygen atoms in total. The third kappa shape index (κ3) is 3.36. The Kier molecular flexibility index (Phi) is 4.72. The van der Waals surface area contributed by atoms with E-state index >= 15 is 0 Å². The van der Waals surface area contributed by atoms with Gasteiger partial charge < -0.3 is 14.6 Å². The summed E-state index contributed by atoms with van der Waals surface area (Å²) >= 11 is 1.13. The molecule has 24 heavy (non-hydrogen) atoms. The number of sulfonamides is 1. The summed E-state index contributed by atoms with van der Waals surface area (Å²) in [5.74, 6) is 0.448. The first-order chi connectivity index (χ1) is 11.4. The number of ether oxygens (including phenoxy) is 1. The van der Waals surface area contributed by atoms with Crippen molar-refractivity contribution in [3.05, 3.63) is 27.6 Å². The predicted octanol–water partition coefficient (Wildman–Crippen LogP) is 1.63. The van der Waals surface area contributed by atoms with E-state index < -0.39 is 15.9 Å². The fourth-order valence-corrected chi connectivity index (χ4v) is 5.23. The van der Waals surface area contributed by atoms with Crippen LogP contribution in [0.2, 0.25) is 0 Å². The number of rotatable bonds is 4. The van der Waals surface area contributed by atoms with Crippen molar-refractivity contribution < 1.29 is 22.5 Å². The number of aryl methyl sites for hydroxylation is 2. The molecule has 0 unspecified atom stereocenters. The Bertz CT molecular complexity index is 850. The van der Waals surface area contributed by atoms with E-state index in [1.54, 1.807) is 19.9 Å². The van der Waals surface area contributed by atoms with Gasteiger partial charge in [-0.3, -0.25) is 4.79 Å². The second-order valence-electron chi connectivity index (χ2n) is 5.32. The Morgan fingerprint density at radius 3 is 2.62 bits per heavy atom. The Balaban J connectivity index is 1.82. The summed E-state index contributed by atoms with van der Waals surface area (Å²) in [5.41, 5.74) is 0. The summed E-state index contributed by atoms with van der Waals surface area (Å²) in [5, 5.41) is 6.28. The van der Waals surface area contributed by atoms with E-state index in [2.05, 4.69) is 10.5 Å². The zero-order valence-electron chi connectivity index (χ0n) is 13.2. The molecule has 3 heterocycles. The lowest BCUT2D eigenvalue weighted by Crippen LogP contribution is -2.40. The van der Waals surface area contributed by atoms with Crippen LogP contribution in [0, 0.1) is 13.8 Å². The second kappa shape index (κ2) is 6.63. The normalized spacial score (nSPS) is 16.2. The minimum atomic E-state index is -3.62. The van der Waals surface area contributed by atoms with Gasteiger partial charge in [-0.15, -0.1) is 11.3 Å². The number of anilines is 1. The second-order valence-corrected chi connectivity index (χ2v) is 8.49. The summed E-state index contributed by atoms with van der Waals surface area (Å²) in [6, 6.07) is 3.00. The number of nitrogens with zero attached hydrogens (tertiary/aromatic N) is 2. The van der Waals surface area contributed by atoms with Crippen molar-refractivity contribution in [2.75, 3.05) is 31.6 Å². The van der Waals surface area contributed by atoms with Crippen LogP contribution in [0.25, 0.3) is 0 Å². The van der Waals surface area contributed by atoms with Gasteiger partial charge in [0.05, 0.1) is 23.0 Å². The van der Waals surface area contributed by atoms with E-state index in [4.69, 9.17) is 9.26 Å². The van der Waals surface area contributed by atoms with Crippen LogP contribution in [-0.2, 0) is 14.8 Å². The molecule has 0 aromatic carbocycles. The maximum Gasteiger partial charge on any atom is 0.267 e. The van der Waals surface area contributed by atoms with Gasteiger partial charge >= 0.3 is 0 Å². The molecule has 1 N–H and O–H groups in total. The molecule has 1 fully saturated rings. The largest absolute Gasteiger partial charge is 0.379 e. The summed E-state index contributed by atoms with van der Waals surface area (Å²) in [7, 11) is -3.62. The predicted molar refractivity (Wildman–Crippen MR) is 87.8 cm³/mol. The van der Waals surface area contributed by atoms with Gasteiger partial charge in [0, 0.05) is 24.0 Å². The number of thiophene rings is 1. The number of carbonyl (C=O) groups excluding carboxylic acids is 1. The third-order valence-corrected chi connectivity index (χ3v) is 6.76. The third-order valence-electron chi connectivity index (χ3n) is 3.55. The zero-order valence-corrected chi connectivity index (χ0v) is 14.9. The van der Waals surface area contributed by atoms with Crippen LogP contribution in [0.1, 0.15) is 20.3 Å². The standard InChI is InChI=1S/C14H17N3O5S2/c1-9-7-13(16-22-9)15-14(18)11-8-12(10(2)23-11)24(19,20)17-3-5-21-6-4-17/h7-8H,3-6H2,1-2H3,(H,15,16,18). The fraction of sp³-hybridized carbons (Fsp3) is 0.429. The monoisotopic (exact) mass is 371 g/mol. The van der Waals surface area contributed by atoms with Crippen molar-refractivity contribution in [1.82, 2.24) is 9.46 Å². The van der Waals surface area contributed by atoms with Crippen molar-refractivity contribution in [3.8, 4) is 0 Å². The van der Waals surface area contributed by atoms with Crippen molar-refractivity contribution in [3.63, 3.8) is 0 Å². The molecule has 0 spiro atoms. The molecule has 1 saturated heterocycles.